The average molecular weight is 592 g/mol. The summed E-state index contributed by atoms with van der Waals surface area (Å²) in [4.78, 5) is 22.2. The van der Waals surface area contributed by atoms with Crippen LogP contribution in [0, 0.1) is 16.4 Å². The number of benzene rings is 2. The zero-order valence-electron chi connectivity index (χ0n) is 18.5. The normalized spacial score (nSPS) is 13.5. The van der Waals surface area contributed by atoms with Crippen LogP contribution < -0.4 is 15.5 Å². The first kappa shape index (κ1) is 24.6. The van der Waals surface area contributed by atoms with Crippen molar-refractivity contribution in [2.75, 3.05) is 11.9 Å². The Morgan fingerprint density at radius 3 is 2.68 bits per heavy atom. The minimum Gasteiger partial charge on any atom is -0.355 e. The van der Waals surface area contributed by atoms with E-state index < -0.39 is 15.9 Å². The maximum Gasteiger partial charge on any atom is 0.276 e. The van der Waals surface area contributed by atoms with E-state index in [1.165, 1.54) is 18.2 Å². The van der Waals surface area contributed by atoms with Crippen molar-refractivity contribution in [2.24, 2.45) is 5.92 Å². The van der Waals surface area contributed by atoms with E-state index in [1.807, 2.05) is 25.1 Å². The van der Waals surface area contributed by atoms with Crippen molar-refractivity contribution in [1.29, 1.82) is 0 Å². The Bertz CT molecular complexity index is 1280. The zero-order chi connectivity index (χ0) is 24.1. The molecule has 0 spiro atoms. The number of hydrogen-bond donors (Lipinski definition) is 3. The number of aromatic nitrogens is 1. The minimum atomic E-state index is -3.83. The molecule has 0 radical (unpaired) electrons. The lowest BCUT2D eigenvalue weighted by molar-refractivity contribution is 0.0271. The molecule has 178 valence electrons. The van der Waals surface area contributed by atoms with Crippen molar-refractivity contribution in [3.63, 3.8) is 0 Å². The molecule has 4 rings (SSSR count). The number of sulfonamides is 1. The summed E-state index contributed by atoms with van der Waals surface area (Å²) in [6, 6.07) is 13.7. The molecule has 3 aromatic rings. The van der Waals surface area contributed by atoms with E-state index in [4.69, 9.17) is 4.84 Å². The molecule has 10 heteroatoms. The smallest absolute Gasteiger partial charge is 0.276 e. The number of rotatable bonds is 10. The molecule has 34 heavy (non-hydrogen) atoms. The van der Waals surface area contributed by atoms with Gasteiger partial charge in [0.05, 0.1) is 22.8 Å². The quantitative estimate of drug-likeness (QED) is 0.240. The predicted molar refractivity (Wildman–Crippen MR) is 138 cm³/mol. The fourth-order valence-electron chi connectivity index (χ4n) is 3.23. The number of aryl methyl sites for hydroxylation is 1. The van der Waals surface area contributed by atoms with Gasteiger partial charge >= 0.3 is 0 Å². The molecular weight excluding hydrogens is 567 g/mol. The molecule has 0 bridgehead atoms. The van der Waals surface area contributed by atoms with Crippen LogP contribution in [0.25, 0.3) is 0 Å². The minimum absolute atomic E-state index is 0.0394. The van der Waals surface area contributed by atoms with Crippen LogP contribution in [0.1, 0.15) is 34.3 Å². The largest absolute Gasteiger partial charge is 0.355 e. The molecule has 8 nitrogen and oxygen atoms in total. The monoisotopic (exact) mass is 592 g/mol. The Kier molecular flexibility index (Phi) is 7.81. The maximum absolute atomic E-state index is 13.0. The van der Waals surface area contributed by atoms with E-state index in [0.29, 0.717) is 18.2 Å². The highest BCUT2D eigenvalue weighted by atomic mass is 127. The van der Waals surface area contributed by atoms with E-state index in [0.717, 1.165) is 33.2 Å². The number of pyridine rings is 1. The molecule has 3 N–H and O–H groups in total. The first-order chi connectivity index (χ1) is 16.3. The Balaban J connectivity index is 1.59. The molecular formula is C24H25IN4O4S. The van der Waals surface area contributed by atoms with Gasteiger partial charge in [-0.3, -0.25) is 14.6 Å². The molecule has 0 atom stereocenters. The molecule has 1 amide bonds. The lowest BCUT2D eigenvalue weighted by atomic mass is 10.1. The number of hydrogen-bond acceptors (Lipinski definition) is 6. The summed E-state index contributed by atoms with van der Waals surface area (Å²) in [7, 11) is -3.83. The molecule has 2 aromatic carbocycles. The second-order valence-electron chi connectivity index (χ2n) is 8.16. The van der Waals surface area contributed by atoms with Gasteiger partial charge in [-0.15, -0.1) is 0 Å². The highest BCUT2D eigenvalue weighted by Gasteiger charge is 2.23. The summed E-state index contributed by atoms with van der Waals surface area (Å²) in [5.74, 6) is 0.0457. The van der Waals surface area contributed by atoms with Gasteiger partial charge in [0, 0.05) is 28.2 Å². The van der Waals surface area contributed by atoms with E-state index in [-0.39, 0.29) is 17.0 Å². The van der Waals surface area contributed by atoms with Crippen LogP contribution in [0.2, 0.25) is 0 Å². The highest BCUT2D eigenvalue weighted by Crippen LogP contribution is 2.29. The summed E-state index contributed by atoms with van der Waals surface area (Å²) in [5, 5.41) is 3.22. The molecule has 1 aliphatic rings. The number of carbonyl (C=O) groups is 1. The number of nitrogens with zero attached hydrogens (tertiary/aromatic N) is 1. The summed E-state index contributed by atoms with van der Waals surface area (Å²) >= 11 is 2.23. The van der Waals surface area contributed by atoms with Crippen molar-refractivity contribution >= 4 is 49.9 Å². The van der Waals surface area contributed by atoms with Crippen LogP contribution in [0.3, 0.4) is 0 Å². The predicted octanol–water partition coefficient (Wildman–Crippen LogP) is 4.29. The third kappa shape index (κ3) is 6.53. The topological polar surface area (TPSA) is 109 Å². The number of amides is 1. The number of hydroxylamine groups is 1. The molecule has 1 aliphatic carbocycles. The van der Waals surface area contributed by atoms with Gasteiger partial charge in [0.2, 0.25) is 10.0 Å². The lowest BCUT2D eigenvalue weighted by Crippen LogP contribution is -2.26. The Morgan fingerprint density at radius 1 is 1.15 bits per heavy atom. The molecule has 0 aliphatic heterocycles. The number of carbonyl (C=O) groups excluding carboxylic acids is 1. The molecule has 1 saturated carbocycles. The Morgan fingerprint density at radius 2 is 1.97 bits per heavy atom. The van der Waals surface area contributed by atoms with Gasteiger partial charge in [0.1, 0.15) is 0 Å². The van der Waals surface area contributed by atoms with Crippen LogP contribution in [0.5, 0.6) is 0 Å². The van der Waals surface area contributed by atoms with E-state index in [1.54, 1.807) is 24.5 Å². The molecule has 1 aromatic heterocycles. The summed E-state index contributed by atoms with van der Waals surface area (Å²) in [6.07, 6.45) is 5.44. The van der Waals surface area contributed by atoms with Crippen LogP contribution >= 0.6 is 22.6 Å². The molecule has 0 saturated heterocycles. The molecule has 1 fully saturated rings. The summed E-state index contributed by atoms with van der Waals surface area (Å²) in [5.41, 5.74) is 5.59. The van der Waals surface area contributed by atoms with Gasteiger partial charge in [-0.25, -0.2) is 18.6 Å². The van der Waals surface area contributed by atoms with Crippen molar-refractivity contribution < 1.29 is 18.0 Å². The van der Waals surface area contributed by atoms with Crippen LogP contribution in [-0.4, -0.2) is 25.9 Å². The summed E-state index contributed by atoms with van der Waals surface area (Å²) in [6.45, 7) is 2.51. The van der Waals surface area contributed by atoms with Crippen molar-refractivity contribution in [3.8, 4) is 0 Å². The van der Waals surface area contributed by atoms with Gasteiger partial charge < -0.3 is 5.32 Å². The SMILES string of the molecule is Cc1cc(I)ccc1Nc1cc(S(=O)(=O)NCc2cccnc2)ccc1C(=O)NOCC1CC1. The second-order valence-corrected chi connectivity index (χ2v) is 11.2. The van der Waals surface area contributed by atoms with E-state index >= 15 is 0 Å². The zero-order valence-corrected chi connectivity index (χ0v) is 21.5. The first-order valence-electron chi connectivity index (χ1n) is 10.8. The van der Waals surface area contributed by atoms with Gasteiger partial charge in [-0.05, 0) is 102 Å². The first-order valence-corrected chi connectivity index (χ1v) is 13.4. The van der Waals surface area contributed by atoms with Crippen LogP contribution in [-0.2, 0) is 21.4 Å². The molecule has 0 unspecified atom stereocenters. The van der Waals surface area contributed by atoms with Crippen LogP contribution in [0.15, 0.2) is 65.8 Å². The van der Waals surface area contributed by atoms with Crippen molar-refractivity contribution in [2.45, 2.75) is 31.2 Å². The third-order valence-corrected chi connectivity index (χ3v) is 7.44. The Labute approximate surface area is 212 Å². The van der Waals surface area contributed by atoms with Gasteiger partial charge in [0.15, 0.2) is 0 Å². The third-order valence-electron chi connectivity index (χ3n) is 5.37. The fraction of sp³-hybridized carbons (Fsp3) is 0.250. The maximum atomic E-state index is 13.0. The standard InChI is InChI=1S/C24H25IN4O4S/c1-16-11-19(25)6-9-22(16)28-23-12-20(34(31,32)27-14-18-3-2-10-26-13-18)7-8-21(23)24(30)29-33-15-17-4-5-17/h2-3,6-13,17,27-28H,4-5,14-15H2,1H3,(H,29,30). The number of halogens is 1. The highest BCUT2D eigenvalue weighted by molar-refractivity contribution is 14.1. The van der Waals surface area contributed by atoms with Crippen LogP contribution in [0.4, 0.5) is 11.4 Å². The van der Waals surface area contributed by atoms with E-state index in [9.17, 15) is 13.2 Å². The average Bonchev–Trinajstić information content (AvgIpc) is 3.64. The van der Waals surface area contributed by atoms with Gasteiger partial charge in [-0.1, -0.05) is 6.07 Å². The number of anilines is 2. The molecule has 1 heterocycles. The van der Waals surface area contributed by atoms with Crippen molar-refractivity contribution in [3.05, 3.63) is 81.2 Å². The Hall–Kier alpha value is -2.54. The lowest BCUT2D eigenvalue weighted by Gasteiger charge is -2.16. The van der Waals surface area contributed by atoms with Crippen molar-refractivity contribution in [1.82, 2.24) is 15.2 Å². The summed E-state index contributed by atoms with van der Waals surface area (Å²) < 4.78 is 29.6. The fourth-order valence-corrected chi connectivity index (χ4v) is 4.92. The van der Waals surface area contributed by atoms with E-state index in [2.05, 4.69) is 43.1 Å². The van der Waals surface area contributed by atoms with Gasteiger partial charge in [-0.2, -0.15) is 0 Å². The number of nitrogens with one attached hydrogen (secondary N) is 3. The second kappa shape index (κ2) is 10.8. The van der Waals surface area contributed by atoms with Gasteiger partial charge in [0.25, 0.3) is 5.91 Å².